The van der Waals surface area contributed by atoms with Crippen LogP contribution in [0.25, 0.3) is 0 Å². The Labute approximate surface area is 137 Å². The molecule has 0 radical (unpaired) electrons. The van der Waals surface area contributed by atoms with Gasteiger partial charge in [0.25, 0.3) is 0 Å². The topological polar surface area (TPSA) is 113 Å². The zero-order valence-corrected chi connectivity index (χ0v) is 14.9. The van der Waals surface area contributed by atoms with Gasteiger partial charge in [-0.15, -0.1) is 0 Å². The molecule has 1 aliphatic heterocycles. The van der Waals surface area contributed by atoms with Crippen molar-refractivity contribution in [1.82, 2.24) is 10.2 Å². The number of carboxylic acid groups (broad SMARTS) is 1. The molecule has 0 aromatic heterocycles. The molecule has 1 fully saturated rings. The van der Waals surface area contributed by atoms with E-state index in [1.807, 2.05) is 0 Å². The highest BCUT2D eigenvalue weighted by atomic mass is 32.2. The quantitative estimate of drug-likeness (QED) is 0.686. The first-order valence-corrected chi connectivity index (χ1v) is 9.35. The third-order valence-corrected chi connectivity index (χ3v) is 5.19. The molecule has 0 aliphatic carbocycles. The number of hydrogen-bond donors (Lipinski definition) is 2. The van der Waals surface area contributed by atoms with Crippen LogP contribution in [0.2, 0.25) is 0 Å². The van der Waals surface area contributed by atoms with Crippen LogP contribution >= 0.6 is 0 Å². The summed E-state index contributed by atoms with van der Waals surface area (Å²) in [5.41, 5.74) is -1.42. The van der Waals surface area contributed by atoms with Gasteiger partial charge in [-0.1, -0.05) is 6.92 Å². The first kappa shape index (κ1) is 19.7. The highest BCUT2D eigenvalue weighted by Gasteiger charge is 2.47. The lowest BCUT2D eigenvalue weighted by molar-refractivity contribution is -0.141. The Morgan fingerprint density at radius 2 is 1.87 bits per heavy atom. The summed E-state index contributed by atoms with van der Waals surface area (Å²) in [6.45, 7) is 7.34. The fourth-order valence-electron chi connectivity index (χ4n) is 2.33. The number of carboxylic acids is 1. The first-order chi connectivity index (χ1) is 10.4. The summed E-state index contributed by atoms with van der Waals surface area (Å²) in [7, 11) is -3.12. The third kappa shape index (κ3) is 6.34. The largest absolute Gasteiger partial charge is 0.481 e. The van der Waals surface area contributed by atoms with E-state index in [-0.39, 0.29) is 37.6 Å². The number of carbonyl (C=O) groups is 2. The smallest absolute Gasteiger partial charge is 0.410 e. The molecule has 0 saturated carbocycles. The number of likely N-dealkylation sites (tertiary alicyclic amines) is 1. The molecular formula is C14H26N2O6S. The summed E-state index contributed by atoms with van der Waals surface area (Å²) >= 11 is 0. The second-order valence-electron chi connectivity index (χ2n) is 6.85. The Balaban J connectivity index is 2.60. The van der Waals surface area contributed by atoms with Crippen LogP contribution in [0, 0.1) is 0 Å². The fraction of sp³-hybridized carbons (Fsp3) is 0.857. The van der Waals surface area contributed by atoms with Gasteiger partial charge in [0, 0.05) is 25.4 Å². The van der Waals surface area contributed by atoms with Crippen molar-refractivity contribution < 1.29 is 27.9 Å². The van der Waals surface area contributed by atoms with Crippen LogP contribution in [0.15, 0.2) is 0 Å². The van der Waals surface area contributed by atoms with Gasteiger partial charge in [-0.2, -0.15) is 0 Å². The van der Waals surface area contributed by atoms with E-state index >= 15 is 0 Å². The molecular weight excluding hydrogens is 324 g/mol. The molecule has 8 nitrogen and oxygen atoms in total. The van der Waals surface area contributed by atoms with Gasteiger partial charge in [0.2, 0.25) is 0 Å². The summed E-state index contributed by atoms with van der Waals surface area (Å²) in [5.74, 6) is -1.01. The summed E-state index contributed by atoms with van der Waals surface area (Å²) in [5, 5.41) is 12.0. The van der Waals surface area contributed by atoms with Gasteiger partial charge in [-0.25, -0.2) is 13.2 Å². The van der Waals surface area contributed by atoms with Crippen molar-refractivity contribution >= 4 is 21.9 Å². The van der Waals surface area contributed by atoms with E-state index in [1.165, 1.54) is 4.90 Å². The van der Waals surface area contributed by atoms with Crippen molar-refractivity contribution in [3.8, 4) is 0 Å². The molecule has 0 atom stereocenters. The molecule has 23 heavy (non-hydrogen) atoms. The van der Waals surface area contributed by atoms with Gasteiger partial charge in [-0.3, -0.25) is 4.79 Å². The van der Waals surface area contributed by atoms with E-state index in [0.29, 0.717) is 0 Å². The molecule has 2 N–H and O–H groups in total. The van der Waals surface area contributed by atoms with Crippen molar-refractivity contribution in [2.24, 2.45) is 0 Å². The van der Waals surface area contributed by atoms with Crippen LogP contribution in [-0.2, 0) is 19.4 Å². The summed E-state index contributed by atoms with van der Waals surface area (Å²) < 4.78 is 28.2. The van der Waals surface area contributed by atoms with Crippen molar-refractivity contribution in [3.05, 3.63) is 0 Å². The average molecular weight is 350 g/mol. The van der Waals surface area contributed by atoms with E-state index in [1.54, 1.807) is 27.7 Å². The van der Waals surface area contributed by atoms with E-state index in [4.69, 9.17) is 9.84 Å². The molecule has 0 bridgehead atoms. The summed E-state index contributed by atoms with van der Waals surface area (Å²) in [4.78, 5) is 24.4. The van der Waals surface area contributed by atoms with Gasteiger partial charge in [0.1, 0.15) is 5.60 Å². The molecule has 0 unspecified atom stereocenters. The maximum Gasteiger partial charge on any atom is 0.410 e. The zero-order chi connectivity index (χ0) is 17.9. The van der Waals surface area contributed by atoms with E-state index in [0.717, 1.165) is 0 Å². The predicted molar refractivity (Wildman–Crippen MR) is 85.1 cm³/mol. The van der Waals surface area contributed by atoms with E-state index in [2.05, 4.69) is 5.32 Å². The lowest BCUT2D eigenvalue weighted by Gasteiger charge is -2.49. The third-order valence-electron chi connectivity index (χ3n) is 3.48. The highest BCUT2D eigenvalue weighted by molar-refractivity contribution is 7.91. The maximum atomic E-state index is 11.9. The number of sulfone groups is 1. The van der Waals surface area contributed by atoms with E-state index < -0.39 is 33.0 Å². The number of ether oxygens (including phenoxy) is 1. The van der Waals surface area contributed by atoms with Crippen molar-refractivity contribution in [2.75, 3.05) is 31.1 Å². The Morgan fingerprint density at radius 3 is 2.30 bits per heavy atom. The Hall–Kier alpha value is -1.35. The van der Waals surface area contributed by atoms with Crippen LogP contribution in [0.1, 0.15) is 34.1 Å². The minimum atomic E-state index is -3.12. The van der Waals surface area contributed by atoms with Gasteiger partial charge in [0.05, 0.1) is 17.7 Å². The summed E-state index contributed by atoms with van der Waals surface area (Å²) in [6, 6.07) is 0. The lowest BCUT2D eigenvalue weighted by Crippen LogP contribution is -2.71. The van der Waals surface area contributed by atoms with Crippen molar-refractivity contribution in [1.29, 1.82) is 0 Å². The molecule has 1 rings (SSSR count). The predicted octanol–water partition coefficient (Wildman–Crippen LogP) is 0.475. The van der Waals surface area contributed by atoms with Crippen LogP contribution in [0.3, 0.4) is 0 Å². The van der Waals surface area contributed by atoms with E-state index in [9.17, 15) is 18.0 Å². The van der Waals surface area contributed by atoms with Gasteiger partial charge < -0.3 is 20.1 Å². The van der Waals surface area contributed by atoms with Crippen molar-refractivity contribution in [2.45, 2.75) is 45.3 Å². The van der Waals surface area contributed by atoms with Crippen LogP contribution in [0.4, 0.5) is 4.79 Å². The number of aliphatic carboxylic acids is 1. The average Bonchev–Trinajstić information content (AvgIpc) is 2.31. The summed E-state index contributed by atoms with van der Waals surface area (Å²) in [6.07, 6.45) is -0.681. The molecule has 0 aromatic rings. The van der Waals surface area contributed by atoms with Crippen molar-refractivity contribution in [3.63, 3.8) is 0 Å². The molecule has 0 aromatic carbocycles. The number of nitrogens with zero attached hydrogens (tertiary/aromatic N) is 1. The Bertz CT molecular complexity index is 546. The highest BCUT2D eigenvalue weighted by Crippen LogP contribution is 2.26. The lowest BCUT2D eigenvalue weighted by atomic mass is 9.86. The normalized spacial score (nSPS) is 17.5. The molecule has 1 heterocycles. The van der Waals surface area contributed by atoms with Crippen LogP contribution < -0.4 is 5.32 Å². The second kappa shape index (κ2) is 7.04. The molecule has 1 amide bonds. The molecule has 1 saturated heterocycles. The number of hydrogen-bond acceptors (Lipinski definition) is 6. The number of amides is 1. The second-order valence-corrected chi connectivity index (χ2v) is 9.32. The minimum absolute atomic E-state index is 0.0463. The number of carbonyl (C=O) groups excluding carboxylic acids is 1. The van der Waals surface area contributed by atoms with Gasteiger partial charge in [0.15, 0.2) is 9.84 Å². The number of nitrogens with one attached hydrogen (secondary N) is 1. The minimum Gasteiger partial charge on any atom is -0.481 e. The monoisotopic (exact) mass is 350 g/mol. The van der Waals surface area contributed by atoms with Crippen LogP contribution in [0.5, 0.6) is 0 Å². The Morgan fingerprint density at radius 1 is 1.30 bits per heavy atom. The Kier molecular flexibility index (Phi) is 6.03. The molecule has 134 valence electrons. The molecule has 9 heteroatoms. The fourth-order valence-corrected chi connectivity index (χ4v) is 3.03. The van der Waals surface area contributed by atoms with Crippen LogP contribution in [-0.4, -0.2) is 72.8 Å². The molecule has 0 spiro atoms. The van der Waals surface area contributed by atoms with Gasteiger partial charge >= 0.3 is 12.1 Å². The SMILES string of the molecule is CCS(=O)(=O)CCNC1(CC(=O)O)CN(C(=O)OC(C)(C)C)C1. The maximum absolute atomic E-state index is 11.9. The number of rotatable bonds is 7. The van der Waals surface area contributed by atoms with Gasteiger partial charge in [-0.05, 0) is 20.8 Å². The zero-order valence-electron chi connectivity index (χ0n) is 14.1. The first-order valence-electron chi connectivity index (χ1n) is 7.53. The standard InChI is InChI=1S/C14H26N2O6S/c1-5-23(20,21)7-6-15-14(8-11(17)18)9-16(10-14)12(19)22-13(2,3)4/h15H,5-10H2,1-4H3,(H,17,18). The molecule has 1 aliphatic rings.